The van der Waals surface area contributed by atoms with Crippen LogP contribution in [0.4, 0.5) is 0 Å². The van der Waals surface area contributed by atoms with Gasteiger partial charge in [0.05, 0.1) is 16.5 Å². The lowest BCUT2D eigenvalue weighted by Crippen LogP contribution is -2.31. The summed E-state index contributed by atoms with van der Waals surface area (Å²) in [4.78, 5) is 15.6. The minimum Gasteiger partial charge on any atom is -0.264 e. The van der Waals surface area contributed by atoms with Crippen LogP contribution in [-0.2, 0) is 10.0 Å². The van der Waals surface area contributed by atoms with E-state index in [0.29, 0.717) is 5.69 Å². The number of allylic oxidation sites excluding steroid dienone is 1. The molecule has 0 aliphatic heterocycles. The Morgan fingerprint density at radius 2 is 1.88 bits per heavy atom. The molecule has 1 aromatic heterocycles. The fourth-order valence-corrected chi connectivity index (χ4v) is 5.08. The average Bonchev–Trinajstić information content (AvgIpc) is 3.30. The first kappa shape index (κ1) is 16.0. The summed E-state index contributed by atoms with van der Waals surface area (Å²) >= 11 is 0. The second-order valence-electron chi connectivity index (χ2n) is 6.70. The molecule has 1 saturated carbocycles. The maximum Gasteiger partial charge on any atom is 0.268 e. The van der Waals surface area contributed by atoms with E-state index in [0.717, 1.165) is 16.0 Å². The van der Waals surface area contributed by atoms with Crippen LogP contribution in [0.2, 0.25) is 0 Å². The van der Waals surface area contributed by atoms with E-state index >= 15 is 0 Å². The number of aryl methyl sites for hydroxylation is 1. The second-order valence-corrected chi connectivity index (χ2v) is 8.54. The van der Waals surface area contributed by atoms with E-state index in [1.54, 1.807) is 24.3 Å². The Balaban J connectivity index is 1.70. The number of hydrogen-bond donors (Lipinski definition) is 0. The van der Waals surface area contributed by atoms with Crippen LogP contribution in [0.3, 0.4) is 0 Å². The molecule has 25 heavy (non-hydrogen) atoms. The quantitative estimate of drug-likeness (QED) is 0.474. The summed E-state index contributed by atoms with van der Waals surface area (Å²) in [6.45, 7) is 1.88. The Morgan fingerprint density at radius 1 is 1.20 bits per heavy atom. The Bertz CT molecular complexity index is 962. The highest BCUT2D eigenvalue weighted by Crippen LogP contribution is 2.49. The highest BCUT2D eigenvalue weighted by atomic mass is 32.2. The molecule has 4 atom stereocenters. The molecular formula is C17H17N3O4S. The molecule has 130 valence electrons. The van der Waals surface area contributed by atoms with Gasteiger partial charge in [-0.15, -0.1) is 0 Å². The van der Waals surface area contributed by atoms with Crippen molar-refractivity contribution >= 4 is 10.0 Å². The number of fused-ring (bicyclic) bond motifs is 2. The zero-order chi connectivity index (χ0) is 17.8. The van der Waals surface area contributed by atoms with Crippen molar-refractivity contribution in [3.8, 4) is 0 Å². The Kier molecular flexibility index (Phi) is 3.54. The summed E-state index contributed by atoms with van der Waals surface area (Å²) in [5.74, 6) is -0.422. The molecule has 0 spiro atoms. The molecule has 2 bridgehead atoms. The van der Waals surface area contributed by atoms with E-state index in [4.69, 9.17) is 0 Å². The predicted octanol–water partition coefficient (Wildman–Crippen LogP) is 2.36. The fourth-order valence-electron chi connectivity index (χ4n) is 3.93. The number of hydrogen-bond acceptors (Lipinski definition) is 5. The van der Waals surface area contributed by atoms with Crippen molar-refractivity contribution in [3.05, 3.63) is 70.3 Å². The molecule has 2 aliphatic rings. The highest BCUT2D eigenvalue weighted by Gasteiger charge is 2.53. The maximum atomic E-state index is 12.7. The molecule has 7 nitrogen and oxygen atoms in total. The largest absolute Gasteiger partial charge is 0.268 e. The van der Waals surface area contributed by atoms with E-state index < -0.39 is 16.1 Å². The molecule has 0 radical (unpaired) electrons. The molecule has 0 saturated heterocycles. The summed E-state index contributed by atoms with van der Waals surface area (Å²) in [5.41, 5.74) is 1.43. The van der Waals surface area contributed by atoms with Gasteiger partial charge in [-0.1, -0.05) is 29.8 Å². The van der Waals surface area contributed by atoms with Crippen LogP contribution in [0.5, 0.6) is 0 Å². The zero-order valence-electron chi connectivity index (χ0n) is 13.5. The Hall–Kier alpha value is -2.48. The van der Waals surface area contributed by atoms with Gasteiger partial charge in [0.25, 0.3) is 10.0 Å². The van der Waals surface area contributed by atoms with Crippen molar-refractivity contribution in [1.29, 1.82) is 0 Å². The van der Waals surface area contributed by atoms with Gasteiger partial charge in [-0.3, -0.25) is 10.1 Å². The summed E-state index contributed by atoms with van der Waals surface area (Å²) in [6.07, 6.45) is 7.27. The lowest BCUT2D eigenvalue weighted by Gasteiger charge is -2.19. The molecule has 0 amide bonds. The molecule has 8 heteroatoms. The van der Waals surface area contributed by atoms with Gasteiger partial charge in [0.1, 0.15) is 6.33 Å². The van der Waals surface area contributed by atoms with Crippen molar-refractivity contribution in [2.24, 2.45) is 11.8 Å². The van der Waals surface area contributed by atoms with Gasteiger partial charge in [-0.25, -0.2) is 17.4 Å². The zero-order valence-corrected chi connectivity index (χ0v) is 14.3. The van der Waals surface area contributed by atoms with Crippen LogP contribution >= 0.6 is 0 Å². The first-order valence-corrected chi connectivity index (χ1v) is 9.50. The van der Waals surface area contributed by atoms with Crippen molar-refractivity contribution in [3.63, 3.8) is 0 Å². The SMILES string of the molecule is Cc1ccc(S(=O)(=O)n2cnc([C@@H]3[C@@H]([N+](=O)[O-])[C@@H]4C=C[C@H]3C4)c2)cc1. The first-order valence-electron chi connectivity index (χ1n) is 8.06. The summed E-state index contributed by atoms with van der Waals surface area (Å²) < 4.78 is 26.5. The first-order chi connectivity index (χ1) is 11.9. The van der Waals surface area contributed by atoms with E-state index in [9.17, 15) is 18.5 Å². The second kappa shape index (κ2) is 5.52. The van der Waals surface area contributed by atoms with Crippen LogP contribution in [0.25, 0.3) is 0 Å². The smallest absolute Gasteiger partial charge is 0.264 e. The van der Waals surface area contributed by atoms with E-state index in [2.05, 4.69) is 4.98 Å². The number of benzene rings is 1. The normalized spacial score (nSPS) is 27.7. The molecule has 0 unspecified atom stereocenters. The average molecular weight is 359 g/mol. The van der Waals surface area contributed by atoms with E-state index in [1.807, 2.05) is 19.1 Å². The fraction of sp³-hybridized carbons (Fsp3) is 0.353. The summed E-state index contributed by atoms with van der Waals surface area (Å²) in [6, 6.07) is 5.82. The van der Waals surface area contributed by atoms with Crippen molar-refractivity contribution in [2.75, 3.05) is 0 Å². The number of aromatic nitrogens is 2. The number of nitrogens with zero attached hydrogens (tertiary/aromatic N) is 3. The predicted molar refractivity (Wildman–Crippen MR) is 90.3 cm³/mol. The molecule has 2 aliphatic carbocycles. The van der Waals surface area contributed by atoms with Gasteiger partial charge >= 0.3 is 0 Å². The number of imidazole rings is 1. The van der Waals surface area contributed by atoms with Crippen LogP contribution in [-0.4, -0.2) is 28.3 Å². The van der Waals surface area contributed by atoms with Gasteiger partial charge in [0.2, 0.25) is 6.04 Å². The molecule has 2 aromatic rings. The number of nitro groups is 1. The lowest BCUT2D eigenvalue weighted by atomic mass is 9.87. The van der Waals surface area contributed by atoms with Crippen molar-refractivity contribution in [2.45, 2.75) is 30.2 Å². The molecule has 1 aromatic carbocycles. The minimum atomic E-state index is -3.75. The molecule has 1 heterocycles. The minimum absolute atomic E-state index is 0.0471. The van der Waals surface area contributed by atoms with Gasteiger partial charge in [0, 0.05) is 17.0 Å². The molecule has 4 rings (SSSR count). The third-order valence-corrected chi connectivity index (χ3v) is 6.80. The summed E-state index contributed by atoms with van der Waals surface area (Å²) in [7, 11) is -3.75. The topological polar surface area (TPSA) is 95.1 Å². The maximum absolute atomic E-state index is 12.7. The summed E-state index contributed by atoms with van der Waals surface area (Å²) in [5, 5.41) is 11.5. The third-order valence-electron chi connectivity index (χ3n) is 5.18. The highest BCUT2D eigenvalue weighted by molar-refractivity contribution is 7.90. The Morgan fingerprint density at radius 3 is 2.56 bits per heavy atom. The van der Waals surface area contributed by atoms with Crippen LogP contribution < -0.4 is 0 Å². The monoisotopic (exact) mass is 359 g/mol. The third kappa shape index (κ3) is 2.48. The van der Waals surface area contributed by atoms with Gasteiger partial charge in [-0.2, -0.15) is 0 Å². The Labute approximate surface area is 145 Å². The standard InChI is InChI=1S/C17H17N3O4S/c1-11-2-6-14(7-3-11)25(23,24)19-9-15(18-10-19)16-12-4-5-13(8-12)17(16)20(21)22/h2-7,9-10,12-13,16-17H,8H2,1H3/t12-,13+,16+,17-/m0/s1. The van der Waals surface area contributed by atoms with E-state index in [1.165, 1.54) is 12.5 Å². The van der Waals surface area contributed by atoms with Gasteiger partial charge in [-0.05, 0) is 31.4 Å². The van der Waals surface area contributed by atoms with Crippen LogP contribution in [0.1, 0.15) is 23.6 Å². The van der Waals surface area contributed by atoms with Crippen LogP contribution in [0, 0.1) is 28.9 Å². The van der Waals surface area contributed by atoms with Gasteiger partial charge < -0.3 is 0 Å². The van der Waals surface area contributed by atoms with E-state index in [-0.39, 0.29) is 27.6 Å². The molecular weight excluding hydrogens is 342 g/mol. The van der Waals surface area contributed by atoms with Crippen molar-refractivity contribution < 1.29 is 13.3 Å². The lowest BCUT2D eigenvalue weighted by molar-refractivity contribution is -0.530. The molecule has 0 N–H and O–H groups in total. The molecule has 1 fully saturated rings. The van der Waals surface area contributed by atoms with Crippen LogP contribution in [0.15, 0.2) is 53.8 Å². The van der Waals surface area contributed by atoms with Crippen molar-refractivity contribution in [1.82, 2.24) is 8.96 Å². The number of rotatable bonds is 4. The van der Waals surface area contributed by atoms with Gasteiger partial charge in [0.15, 0.2) is 0 Å².